The van der Waals surface area contributed by atoms with E-state index in [4.69, 9.17) is 5.84 Å². The number of rotatable bonds is 4. The van der Waals surface area contributed by atoms with Crippen LogP contribution in [-0.2, 0) is 11.8 Å². The van der Waals surface area contributed by atoms with Gasteiger partial charge in [0, 0.05) is 20.6 Å². The van der Waals surface area contributed by atoms with Crippen LogP contribution in [0.25, 0.3) is 33.2 Å². The highest BCUT2D eigenvalue weighted by molar-refractivity contribution is 7.99. The number of nitrogens with one attached hydrogen (secondary N) is 1. The van der Waals surface area contributed by atoms with Crippen LogP contribution in [-0.4, -0.2) is 4.57 Å². The van der Waals surface area contributed by atoms with Crippen molar-refractivity contribution >= 4 is 39.3 Å². The molecule has 1 spiro atoms. The van der Waals surface area contributed by atoms with E-state index < -0.39 is 0 Å². The fourth-order valence-electron chi connectivity index (χ4n) is 8.20. The molecule has 246 valence electrons. The predicted molar refractivity (Wildman–Crippen MR) is 213 cm³/mol. The maximum atomic E-state index is 5.55. The molecule has 0 radical (unpaired) electrons. The first-order valence-corrected chi connectivity index (χ1v) is 18.3. The van der Waals surface area contributed by atoms with Crippen molar-refractivity contribution < 1.29 is 0 Å². The number of benzene rings is 7. The number of fused-ring (bicyclic) bond motifs is 11. The van der Waals surface area contributed by atoms with Gasteiger partial charge in [0.15, 0.2) is 0 Å². The third-order valence-corrected chi connectivity index (χ3v) is 11.7. The van der Waals surface area contributed by atoms with Crippen LogP contribution in [0.4, 0.5) is 0 Å². The van der Waals surface area contributed by atoms with E-state index in [1.807, 2.05) is 60.3 Å². The van der Waals surface area contributed by atoms with Crippen LogP contribution in [0.1, 0.15) is 38.9 Å². The zero-order valence-electron chi connectivity index (χ0n) is 28.4. The van der Waals surface area contributed by atoms with Gasteiger partial charge in [-0.1, -0.05) is 169 Å². The van der Waals surface area contributed by atoms with Gasteiger partial charge >= 0.3 is 0 Å². The summed E-state index contributed by atoms with van der Waals surface area (Å²) >= 11 is 1.92. The molecule has 8 aromatic rings. The van der Waals surface area contributed by atoms with Crippen molar-refractivity contribution in [2.24, 2.45) is 5.84 Å². The third kappa shape index (κ3) is 4.94. The molecule has 1 atom stereocenters. The van der Waals surface area contributed by atoms with Crippen LogP contribution in [0.2, 0.25) is 0 Å². The van der Waals surface area contributed by atoms with Crippen LogP contribution in [0.3, 0.4) is 0 Å². The van der Waals surface area contributed by atoms with Crippen molar-refractivity contribution in [2.45, 2.75) is 28.6 Å². The SMILES string of the molecule is Cc1cccc2c1Sc1ccccc1C21c2ccccc2-n2c3ccccc3c3cccc1c32.NN/C(=C\Cc1ccccc1)c1ccccc1. The van der Waals surface area contributed by atoms with Crippen molar-refractivity contribution in [3.05, 3.63) is 215 Å². The summed E-state index contributed by atoms with van der Waals surface area (Å²) in [5, 5.41) is 2.64. The lowest BCUT2D eigenvalue weighted by Gasteiger charge is -2.45. The van der Waals surface area contributed by atoms with Gasteiger partial charge in [-0.25, -0.2) is 0 Å². The van der Waals surface area contributed by atoms with E-state index in [0.717, 1.165) is 17.7 Å². The predicted octanol–water partition coefficient (Wildman–Crippen LogP) is 11.0. The Kier molecular flexibility index (Phi) is 7.84. The lowest BCUT2D eigenvalue weighted by atomic mass is 9.62. The van der Waals surface area contributed by atoms with Crippen molar-refractivity contribution in [3.8, 4) is 5.69 Å². The normalized spacial score (nSPS) is 15.5. The molecular weight excluding hydrogens is 639 g/mol. The Morgan fingerprint density at radius 1 is 0.627 bits per heavy atom. The van der Waals surface area contributed by atoms with Gasteiger partial charge in [0.25, 0.3) is 0 Å². The Balaban J connectivity index is 0.000000174. The lowest BCUT2D eigenvalue weighted by Crippen LogP contribution is -2.37. The second-order valence-electron chi connectivity index (χ2n) is 13.2. The van der Waals surface area contributed by atoms with Gasteiger partial charge in [-0.15, -0.1) is 0 Å². The summed E-state index contributed by atoms with van der Waals surface area (Å²) in [5.41, 5.74) is 16.5. The van der Waals surface area contributed by atoms with E-state index in [-0.39, 0.29) is 5.41 Å². The lowest BCUT2D eigenvalue weighted by molar-refractivity contribution is 0.687. The van der Waals surface area contributed by atoms with Gasteiger partial charge in [-0.3, -0.25) is 5.84 Å². The molecule has 4 heteroatoms. The molecule has 0 bridgehead atoms. The average Bonchev–Trinajstić information content (AvgIpc) is 3.53. The first-order valence-electron chi connectivity index (χ1n) is 17.5. The fraction of sp³-hybridized carbons (Fsp3) is 0.0638. The van der Waals surface area contributed by atoms with E-state index in [2.05, 4.69) is 144 Å². The summed E-state index contributed by atoms with van der Waals surface area (Å²) in [6.45, 7) is 2.25. The number of nitrogens with two attached hydrogens (primary N) is 1. The molecule has 0 aliphatic carbocycles. The third-order valence-electron chi connectivity index (χ3n) is 10.4. The highest BCUT2D eigenvalue weighted by Gasteiger charge is 2.49. The quantitative estimate of drug-likeness (QED) is 0.144. The first kappa shape index (κ1) is 31.2. The van der Waals surface area contributed by atoms with Crippen LogP contribution in [0, 0.1) is 6.92 Å². The average molecular weight is 676 g/mol. The van der Waals surface area contributed by atoms with Crippen LogP contribution < -0.4 is 11.3 Å². The van der Waals surface area contributed by atoms with E-state index in [1.54, 1.807) is 0 Å². The summed E-state index contributed by atoms with van der Waals surface area (Å²) in [6.07, 6.45) is 2.97. The second-order valence-corrected chi connectivity index (χ2v) is 14.2. The van der Waals surface area contributed by atoms with Crippen molar-refractivity contribution in [1.29, 1.82) is 0 Å². The molecular formula is C47H37N3S. The highest BCUT2D eigenvalue weighted by atomic mass is 32.2. The monoisotopic (exact) mass is 675 g/mol. The minimum Gasteiger partial charge on any atom is -0.324 e. The molecule has 3 nitrogen and oxygen atoms in total. The summed E-state index contributed by atoms with van der Waals surface area (Å²) in [5.74, 6) is 5.55. The molecule has 3 heterocycles. The first-order chi connectivity index (χ1) is 25.2. The number of aryl methyl sites for hydroxylation is 1. The molecule has 3 N–H and O–H groups in total. The molecule has 2 aliphatic heterocycles. The minimum absolute atomic E-state index is 0.357. The fourth-order valence-corrected chi connectivity index (χ4v) is 9.46. The molecule has 0 saturated carbocycles. The summed E-state index contributed by atoms with van der Waals surface area (Å²) in [4.78, 5) is 2.73. The Labute approximate surface area is 303 Å². The van der Waals surface area contributed by atoms with E-state index in [0.29, 0.717) is 0 Å². The second kappa shape index (κ2) is 12.8. The Bertz CT molecular complexity index is 2590. The minimum atomic E-state index is -0.357. The zero-order valence-corrected chi connectivity index (χ0v) is 29.2. The van der Waals surface area contributed by atoms with Gasteiger partial charge in [-0.2, -0.15) is 0 Å². The number of hydrogen-bond acceptors (Lipinski definition) is 3. The van der Waals surface area contributed by atoms with E-state index in [1.165, 1.54) is 70.7 Å². The van der Waals surface area contributed by atoms with Crippen molar-refractivity contribution in [1.82, 2.24) is 9.99 Å². The molecule has 10 rings (SSSR count). The standard InChI is InChI=1S/C32H21NS.C15H16N2/c1-20-10-8-16-26-31(20)34-29-19-7-4-14-24(29)32(26)23-13-3-6-18-28(23)33-27-17-5-2-11-21(27)22-12-9-15-25(32)30(22)33;16-17-15(14-9-5-2-6-10-14)12-11-13-7-3-1-4-8-13/h2-19H,1H3;1-10,12,17H,11,16H2/b;15-12-. The maximum absolute atomic E-state index is 5.55. The van der Waals surface area contributed by atoms with Gasteiger partial charge < -0.3 is 9.99 Å². The largest absolute Gasteiger partial charge is 0.324 e. The molecule has 7 aromatic carbocycles. The number of nitrogens with zero attached hydrogens (tertiary/aromatic N) is 1. The number of aromatic nitrogens is 1. The summed E-state index contributed by atoms with van der Waals surface area (Å²) < 4.78 is 2.50. The maximum Gasteiger partial charge on any atom is 0.0764 e. The van der Waals surface area contributed by atoms with Gasteiger partial charge in [0.2, 0.25) is 0 Å². The Morgan fingerprint density at radius 2 is 1.25 bits per heavy atom. The van der Waals surface area contributed by atoms with E-state index in [9.17, 15) is 0 Å². The molecule has 0 fully saturated rings. The van der Waals surface area contributed by atoms with Gasteiger partial charge in [0.1, 0.15) is 0 Å². The van der Waals surface area contributed by atoms with Crippen LogP contribution >= 0.6 is 11.8 Å². The highest BCUT2D eigenvalue weighted by Crippen LogP contribution is 2.60. The van der Waals surface area contributed by atoms with Crippen LogP contribution in [0.15, 0.2) is 186 Å². The molecule has 0 saturated heterocycles. The molecule has 1 unspecified atom stereocenters. The molecule has 2 aliphatic rings. The molecule has 1 aromatic heterocycles. The number of allylic oxidation sites excluding steroid dienone is 1. The zero-order chi connectivity index (χ0) is 34.4. The van der Waals surface area contributed by atoms with Crippen molar-refractivity contribution in [3.63, 3.8) is 0 Å². The van der Waals surface area contributed by atoms with Crippen molar-refractivity contribution in [2.75, 3.05) is 0 Å². The van der Waals surface area contributed by atoms with Crippen LogP contribution in [0.5, 0.6) is 0 Å². The number of hydrogen-bond donors (Lipinski definition) is 2. The smallest absolute Gasteiger partial charge is 0.0764 e. The number of hydrazine groups is 1. The Morgan fingerprint density at radius 3 is 2.08 bits per heavy atom. The number of para-hydroxylation sites is 3. The molecule has 0 amide bonds. The topological polar surface area (TPSA) is 43.0 Å². The van der Waals surface area contributed by atoms with Gasteiger partial charge in [0.05, 0.1) is 27.8 Å². The summed E-state index contributed by atoms with van der Waals surface area (Å²) in [6, 6.07) is 61.1. The summed E-state index contributed by atoms with van der Waals surface area (Å²) in [7, 11) is 0. The van der Waals surface area contributed by atoms with Gasteiger partial charge in [-0.05, 0) is 70.5 Å². The van der Waals surface area contributed by atoms with E-state index >= 15 is 0 Å². The Hall–Kier alpha value is -5.81. The molecule has 51 heavy (non-hydrogen) atoms.